The van der Waals surface area contributed by atoms with Crippen molar-refractivity contribution in [2.75, 3.05) is 13.2 Å². The van der Waals surface area contributed by atoms with Crippen LogP contribution in [0.4, 0.5) is 0 Å². The van der Waals surface area contributed by atoms with E-state index in [2.05, 4.69) is 142 Å². The summed E-state index contributed by atoms with van der Waals surface area (Å²) < 4.78 is 16.7. The summed E-state index contributed by atoms with van der Waals surface area (Å²) in [5.41, 5.74) is 0. The number of ether oxygens (including phenoxy) is 3. The van der Waals surface area contributed by atoms with Gasteiger partial charge in [-0.25, -0.2) is 0 Å². The van der Waals surface area contributed by atoms with E-state index in [0.717, 1.165) is 83.5 Å². The van der Waals surface area contributed by atoms with Crippen LogP contribution >= 0.6 is 0 Å². The molecule has 0 saturated heterocycles. The zero-order chi connectivity index (χ0) is 48.6. The van der Waals surface area contributed by atoms with Gasteiger partial charge in [-0.2, -0.15) is 0 Å². The van der Waals surface area contributed by atoms with Gasteiger partial charge in [-0.1, -0.05) is 206 Å². The summed E-state index contributed by atoms with van der Waals surface area (Å²) in [6.45, 7) is 6.37. The lowest BCUT2D eigenvalue weighted by Crippen LogP contribution is -2.30. The highest BCUT2D eigenvalue weighted by molar-refractivity contribution is 5.71. The van der Waals surface area contributed by atoms with Gasteiger partial charge >= 0.3 is 17.9 Å². The number of carbonyl (C=O) groups excluding carboxylic acids is 3. The minimum Gasteiger partial charge on any atom is -0.462 e. The maximum absolute atomic E-state index is 12.8. The van der Waals surface area contributed by atoms with Crippen molar-refractivity contribution in [1.29, 1.82) is 0 Å². The molecule has 6 heteroatoms. The van der Waals surface area contributed by atoms with Crippen LogP contribution in [-0.2, 0) is 28.6 Å². The minimum atomic E-state index is -0.835. The predicted octanol–water partition coefficient (Wildman–Crippen LogP) is 18.1. The SMILES string of the molecule is CC/C=C\C/C=C\C/C=C\C/C=C\C/C=C\CCCC(=O)O[C@H](COC(=O)CCC/C=C\C/C=C\C/C=C\C/C=C\CCCCC)COC(=O)CCCCCCCCC/C=C\CCCCCC. The highest BCUT2D eigenvalue weighted by atomic mass is 16.6. The van der Waals surface area contributed by atoms with Gasteiger partial charge in [-0.05, 0) is 122 Å². The van der Waals surface area contributed by atoms with Crippen molar-refractivity contribution >= 4 is 17.9 Å². The standard InChI is InChI=1S/C61H98O6/c1-4-7-10-13-16-19-22-25-28-30-33-36-39-42-45-48-51-54-60(63)66-57-58(56-65-59(62)53-50-47-44-41-38-35-32-27-24-21-18-15-12-9-6-3)67-61(64)55-52-49-46-43-40-37-34-31-29-26-23-20-17-14-11-8-5-2/h8,11,16-17,19-21,24-26,28-29,33-34,36-37,42-43,45-46,58H,4-7,9-10,12-15,18,22-23,27,30-32,35,38-41,44,47-57H2,1-3H3/b11-8-,19-16-,20-17-,24-21-,28-25-,29-26-,36-33-,37-34-,45-42-,46-43-/t58-/m0/s1. The summed E-state index contributed by atoms with van der Waals surface area (Å²) in [6.07, 6.45) is 74.8. The molecule has 0 heterocycles. The average molecular weight is 927 g/mol. The second-order valence-corrected chi connectivity index (χ2v) is 17.4. The van der Waals surface area contributed by atoms with Crippen molar-refractivity contribution in [3.63, 3.8) is 0 Å². The normalized spacial score (nSPS) is 13.1. The van der Waals surface area contributed by atoms with Crippen LogP contribution in [0.3, 0.4) is 0 Å². The molecule has 6 nitrogen and oxygen atoms in total. The third-order valence-electron chi connectivity index (χ3n) is 10.9. The van der Waals surface area contributed by atoms with Gasteiger partial charge in [0.2, 0.25) is 0 Å². The van der Waals surface area contributed by atoms with Crippen LogP contribution < -0.4 is 0 Å². The van der Waals surface area contributed by atoms with Gasteiger partial charge in [0, 0.05) is 19.3 Å². The monoisotopic (exact) mass is 927 g/mol. The molecule has 0 aliphatic heterocycles. The molecule has 0 amide bonds. The zero-order valence-corrected chi connectivity index (χ0v) is 43.1. The molecule has 0 aromatic heterocycles. The van der Waals surface area contributed by atoms with Crippen LogP contribution in [0.15, 0.2) is 122 Å². The molecule has 0 aromatic rings. The molecule has 0 spiro atoms. The Kier molecular flexibility index (Phi) is 51.0. The van der Waals surface area contributed by atoms with Crippen molar-refractivity contribution < 1.29 is 28.6 Å². The lowest BCUT2D eigenvalue weighted by atomic mass is 10.1. The van der Waals surface area contributed by atoms with Gasteiger partial charge in [0.15, 0.2) is 6.10 Å². The maximum Gasteiger partial charge on any atom is 0.306 e. The fourth-order valence-corrected chi connectivity index (χ4v) is 6.88. The molecule has 0 saturated carbocycles. The van der Waals surface area contributed by atoms with Gasteiger partial charge in [0.05, 0.1) is 0 Å². The summed E-state index contributed by atoms with van der Waals surface area (Å²) in [7, 11) is 0. The number of hydrogen-bond donors (Lipinski definition) is 0. The number of unbranched alkanes of at least 4 members (excludes halogenated alkanes) is 16. The van der Waals surface area contributed by atoms with Crippen LogP contribution in [0.25, 0.3) is 0 Å². The molecule has 0 N–H and O–H groups in total. The Balaban J connectivity index is 4.59. The smallest absolute Gasteiger partial charge is 0.306 e. The number of carbonyl (C=O) groups is 3. The topological polar surface area (TPSA) is 78.9 Å². The Bertz CT molecular complexity index is 1440. The molecule has 0 bridgehead atoms. The third-order valence-corrected chi connectivity index (χ3v) is 10.9. The van der Waals surface area contributed by atoms with E-state index in [1.54, 1.807) is 0 Å². The Labute approximate surface area is 412 Å². The van der Waals surface area contributed by atoms with Crippen molar-refractivity contribution in [2.45, 2.75) is 232 Å². The van der Waals surface area contributed by atoms with Gasteiger partial charge in [0.25, 0.3) is 0 Å². The third kappa shape index (κ3) is 52.6. The molecule has 0 unspecified atom stereocenters. The van der Waals surface area contributed by atoms with Crippen molar-refractivity contribution in [1.82, 2.24) is 0 Å². The first-order chi connectivity index (χ1) is 33.0. The van der Waals surface area contributed by atoms with Crippen LogP contribution in [0.1, 0.15) is 226 Å². The van der Waals surface area contributed by atoms with Crippen molar-refractivity contribution in [2.24, 2.45) is 0 Å². The lowest BCUT2D eigenvalue weighted by Gasteiger charge is -2.18. The fourth-order valence-electron chi connectivity index (χ4n) is 6.88. The predicted molar refractivity (Wildman–Crippen MR) is 288 cm³/mol. The van der Waals surface area contributed by atoms with Crippen LogP contribution in [0.5, 0.6) is 0 Å². The average Bonchev–Trinajstić information content (AvgIpc) is 3.33. The van der Waals surface area contributed by atoms with E-state index >= 15 is 0 Å². The van der Waals surface area contributed by atoms with E-state index in [-0.39, 0.29) is 44.0 Å². The Hall–Kier alpha value is -4.19. The van der Waals surface area contributed by atoms with E-state index < -0.39 is 6.10 Å². The molecule has 0 radical (unpaired) electrons. The van der Waals surface area contributed by atoms with Crippen LogP contribution in [-0.4, -0.2) is 37.2 Å². The molecule has 1 atom stereocenters. The maximum atomic E-state index is 12.8. The van der Waals surface area contributed by atoms with Crippen molar-refractivity contribution in [3.8, 4) is 0 Å². The zero-order valence-electron chi connectivity index (χ0n) is 43.1. The molecule has 378 valence electrons. The molecule has 0 aliphatic rings. The summed E-state index contributed by atoms with van der Waals surface area (Å²) in [5.74, 6) is -1.05. The van der Waals surface area contributed by atoms with Gasteiger partial charge in [0.1, 0.15) is 13.2 Å². The quantitative estimate of drug-likeness (QED) is 0.0262. The summed E-state index contributed by atoms with van der Waals surface area (Å²) in [6, 6.07) is 0. The molecular formula is C61H98O6. The first kappa shape index (κ1) is 62.8. The van der Waals surface area contributed by atoms with Crippen LogP contribution in [0, 0.1) is 0 Å². The van der Waals surface area contributed by atoms with Gasteiger partial charge in [-0.3, -0.25) is 14.4 Å². The van der Waals surface area contributed by atoms with E-state index in [1.165, 1.54) is 89.9 Å². The highest BCUT2D eigenvalue weighted by Gasteiger charge is 2.19. The van der Waals surface area contributed by atoms with Crippen LogP contribution in [0.2, 0.25) is 0 Å². The second kappa shape index (κ2) is 54.4. The molecule has 0 aliphatic carbocycles. The van der Waals surface area contributed by atoms with Gasteiger partial charge < -0.3 is 14.2 Å². The first-order valence-corrected chi connectivity index (χ1v) is 27.0. The van der Waals surface area contributed by atoms with E-state index in [1.807, 2.05) is 0 Å². The van der Waals surface area contributed by atoms with E-state index in [9.17, 15) is 14.4 Å². The Morgan fingerprint density at radius 2 is 0.597 bits per heavy atom. The number of esters is 3. The molecule has 0 aromatic carbocycles. The Morgan fingerprint density at radius 1 is 0.313 bits per heavy atom. The highest BCUT2D eigenvalue weighted by Crippen LogP contribution is 2.12. The largest absolute Gasteiger partial charge is 0.462 e. The number of allylic oxidation sites excluding steroid dienone is 20. The molecule has 0 rings (SSSR count). The van der Waals surface area contributed by atoms with Gasteiger partial charge in [-0.15, -0.1) is 0 Å². The van der Waals surface area contributed by atoms with Crippen molar-refractivity contribution in [3.05, 3.63) is 122 Å². The summed E-state index contributed by atoms with van der Waals surface area (Å²) in [4.78, 5) is 38.0. The first-order valence-electron chi connectivity index (χ1n) is 27.0. The Morgan fingerprint density at radius 3 is 1.01 bits per heavy atom. The molecular weight excluding hydrogens is 829 g/mol. The van der Waals surface area contributed by atoms with E-state index in [4.69, 9.17) is 14.2 Å². The summed E-state index contributed by atoms with van der Waals surface area (Å²) >= 11 is 0. The van der Waals surface area contributed by atoms with E-state index in [0.29, 0.717) is 19.3 Å². The number of hydrogen-bond acceptors (Lipinski definition) is 6. The second-order valence-electron chi connectivity index (χ2n) is 17.4. The lowest BCUT2D eigenvalue weighted by molar-refractivity contribution is -0.167. The molecule has 0 fully saturated rings. The number of rotatable bonds is 47. The fraction of sp³-hybridized carbons (Fsp3) is 0.623. The minimum absolute atomic E-state index is 0.123. The summed E-state index contributed by atoms with van der Waals surface area (Å²) in [5, 5.41) is 0. The molecule has 67 heavy (non-hydrogen) atoms.